The number of ether oxygens (including phenoxy) is 2. The molecule has 0 radical (unpaired) electrons. The Kier molecular flexibility index (Phi) is 5.61. The van der Waals surface area contributed by atoms with Crippen LogP contribution in [0.5, 0.6) is 0 Å². The van der Waals surface area contributed by atoms with Gasteiger partial charge in [0.1, 0.15) is 5.60 Å². The lowest BCUT2D eigenvalue weighted by atomic mass is 9.78. The first-order valence-electron chi connectivity index (χ1n) is 7.31. The zero-order valence-electron chi connectivity index (χ0n) is 14.1. The van der Waals surface area contributed by atoms with E-state index in [0.29, 0.717) is 32.5 Å². The van der Waals surface area contributed by atoms with Gasteiger partial charge in [-0.3, -0.25) is 4.79 Å². The van der Waals surface area contributed by atoms with E-state index in [1.54, 1.807) is 4.90 Å². The molecule has 1 aliphatic rings. The van der Waals surface area contributed by atoms with E-state index in [1.807, 2.05) is 39.8 Å². The molecule has 21 heavy (non-hydrogen) atoms. The van der Waals surface area contributed by atoms with Crippen molar-refractivity contribution in [1.82, 2.24) is 9.80 Å². The number of carbonyl (C=O) groups excluding carboxylic acids is 2. The number of hydrogen-bond donors (Lipinski definition) is 0. The van der Waals surface area contributed by atoms with Gasteiger partial charge in [-0.15, -0.1) is 0 Å². The molecule has 1 fully saturated rings. The zero-order valence-corrected chi connectivity index (χ0v) is 14.1. The first-order chi connectivity index (χ1) is 9.59. The van der Waals surface area contributed by atoms with Gasteiger partial charge in [0.2, 0.25) is 0 Å². The third kappa shape index (κ3) is 4.88. The number of likely N-dealkylation sites (tertiary alicyclic amines) is 1. The topological polar surface area (TPSA) is 59.1 Å². The standard InChI is InChI=1S/C15H28N2O4/c1-14(2,3)21-13(19)17-9-7-15(8-10-17,11-16(4)5)12(18)20-6/h7-11H2,1-6H3. The Labute approximate surface area is 127 Å². The van der Waals surface area contributed by atoms with Gasteiger partial charge >= 0.3 is 12.1 Å². The van der Waals surface area contributed by atoms with Gasteiger partial charge in [-0.2, -0.15) is 0 Å². The maximum Gasteiger partial charge on any atom is 0.410 e. The lowest BCUT2D eigenvalue weighted by Crippen LogP contribution is -2.51. The molecule has 0 aromatic carbocycles. The minimum atomic E-state index is -0.531. The van der Waals surface area contributed by atoms with Crippen LogP contribution in [0.4, 0.5) is 4.79 Å². The van der Waals surface area contributed by atoms with Gasteiger partial charge in [0.15, 0.2) is 0 Å². The fraction of sp³-hybridized carbons (Fsp3) is 0.867. The smallest absolute Gasteiger partial charge is 0.410 e. The second-order valence-electron chi connectivity index (χ2n) is 6.98. The van der Waals surface area contributed by atoms with Crippen molar-refractivity contribution in [2.24, 2.45) is 5.41 Å². The van der Waals surface area contributed by atoms with E-state index in [-0.39, 0.29) is 12.1 Å². The van der Waals surface area contributed by atoms with E-state index in [1.165, 1.54) is 7.11 Å². The van der Waals surface area contributed by atoms with Gasteiger partial charge in [-0.25, -0.2) is 4.79 Å². The second-order valence-corrected chi connectivity index (χ2v) is 6.98. The van der Waals surface area contributed by atoms with Crippen LogP contribution >= 0.6 is 0 Å². The van der Waals surface area contributed by atoms with Crippen molar-refractivity contribution in [3.63, 3.8) is 0 Å². The molecule has 6 heteroatoms. The molecule has 1 amide bonds. The number of rotatable bonds is 3. The molecule has 0 bridgehead atoms. The number of amides is 1. The molecule has 1 heterocycles. The molecule has 1 rings (SSSR count). The molecule has 0 aliphatic carbocycles. The maximum atomic E-state index is 12.1. The quantitative estimate of drug-likeness (QED) is 0.743. The largest absolute Gasteiger partial charge is 0.469 e. The zero-order chi connectivity index (χ0) is 16.3. The SMILES string of the molecule is COC(=O)C1(CN(C)C)CCN(C(=O)OC(C)(C)C)CC1. The highest BCUT2D eigenvalue weighted by Gasteiger charge is 2.44. The van der Waals surface area contributed by atoms with E-state index >= 15 is 0 Å². The lowest BCUT2D eigenvalue weighted by molar-refractivity contribution is -0.157. The van der Waals surface area contributed by atoms with Gasteiger partial charge in [0.05, 0.1) is 12.5 Å². The van der Waals surface area contributed by atoms with Gasteiger partial charge in [0.25, 0.3) is 0 Å². The minimum Gasteiger partial charge on any atom is -0.469 e. The molecule has 0 atom stereocenters. The van der Waals surface area contributed by atoms with Crippen molar-refractivity contribution in [2.75, 3.05) is 40.8 Å². The van der Waals surface area contributed by atoms with Crippen LogP contribution < -0.4 is 0 Å². The normalized spacial score (nSPS) is 18.5. The summed E-state index contributed by atoms with van der Waals surface area (Å²) in [6.07, 6.45) is 0.875. The first-order valence-corrected chi connectivity index (χ1v) is 7.31. The third-order valence-electron chi connectivity index (χ3n) is 3.61. The van der Waals surface area contributed by atoms with E-state index in [0.717, 1.165) is 0 Å². The fourth-order valence-electron chi connectivity index (χ4n) is 2.69. The lowest BCUT2D eigenvalue weighted by Gasteiger charge is -2.41. The molecular formula is C15H28N2O4. The first kappa shape index (κ1) is 17.8. The Morgan fingerprint density at radius 1 is 1.19 bits per heavy atom. The average Bonchev–Trinajstić information content (AvgIpc) is 2.35. The summed E-state index contributed by atoms with van der Waals surface area (Å²) in [6, 6.07) is 0. The van der Waals surface area contributed by atoms with Crippen LogP contribution in [0.15, 0.2) is 0 Å². The van der Waals surface area contributed by atoms with Gasteiger partial charge in [-0.1, -0.05) is 0 Å². The number of piperidine rings is 1. The predicted octanol–water partition coefficient (Wildman–Crippen LogP) is 1.74. The van der Waals surface area contributed by atoms with Crippen molar-refractivity contribution in [2.45, 2.75) is 39.2 Å². The van der Waals surface area contributed by atoms with Crippen molar-refractivity contribution in [3.8, 4) is 0 Å². The maximum absolute atomic E-state index is 12.1. The number of methoxy groups -OCH3 is 1. The third-order valence-corrected chi connectivity index (χ3v) is 3.61. The van der Waals surface area contributed by atoms with Gasteiger partial charge in [-0.05, 0) is 47.7 Å². The summed E-state index contributed by atoms with van der Waals surface area (Å²) < 4.78 is 10.3. The molecule has 0 saturated carbocycles. The monoisotopic (exact) mass is 300 g/mol. The molecule has 0 aromatic rings. The molecule has 1 saturated heterocycles. The molecule has 122 valence electrons. The van der Waals surface area contributed by atoms with Crippen molar-refractivity contribution in [3.05, 3.63) is 0 Å². The summed E-state index contributed by atoms with van der Waals surface area (Å²) in [4.78, 5) is 27.9. The molecule has 6 nitrogen and oxygen atoms in total. The van der Waals surface area contributed by atoms with Crippen LogP contribution in [0.25, 0.3) is 0 Å². The Balaban J connectivity index is 2.70. The van der Waals surface area contributed by atoms with Crippen molar-refractivity contribution >= 4 is 12.1 Å². The molecule has 0 spiro atoms. The van der Waals surface area contributed by atoms with E-state index in [2.05, 4.69) is 0 Å². The predicted molar refractivity (Wildman–Crippen MR) is 80.0 cm³/mol. The highest BCUT2D eigenvalue weighted by Crippen LogP contribution is 2.34. The molecular weight excluding hydrogens is 272 g/mol. The Morgan fingerprint density at radius 2 is 1.71 bits per heavy atom. The highest BCUT2D eigenvalue weighted by atomic mass is 16.6. The molecule has 0 N–H and O–H groups in total. The van der Waals surface area contributed by atoms with Crippen LogP contribution in [0.2, 0.25) is 0 Å². The molecule has 1 aliphatic heterocycles. The van der Waals surface area contributed by atoms with Crippen LogP contribution in [-0.4, -0.2) is 68.3 Å². The van der Waals surface area contributed by atoms with Crippen molar-refractivity contribution in [1.29, 1.82) is 0 Å². The van der Waals surface area contributed by atoms with Crippen molar-refractivity contribution < 1.29 is 19.1 Å². The molecule has 0 aromatic heterocycles. The van der Waals surface area contributed by atoms with E-state index in [9.17, 15) is 9.59 Å². The number of hydrogen-bond acceptors (Lipinski definition) is 5. The Hall–Kier alpha value is -1.30. The summed E-state index contributed by atoms with van der Waals surface area (Å²) >= 11 is 0. The minimum absolute atomic E-state index is 0.194. The summed E-state index contributed by atoms with van der Waals surface area (Å²) in [5, 5.41) is 0. The average molecular weight is 300 g/mol. The number of nitrogens with zero attached hydrogens (tertiary/aromatic N) is 2. The highest BCUT2D eigenvalue weighted by molar-refractivity contribution is 5.78. The number of carbonyl (C=O) groups is 2. The van der Waals surface area contributed by atoms with Crippen LogP contribution in [-0.2, 0) is 14.3 Å². The summed E-state index contributed by atoms with van der Waals surface area (Å²) in [5.41, 5.74) is -1.03. The summed E-state index contributed by atoms with van der Waals surface area (Å²) in [6.45, 7) is 7.19. The van der Waals surface area contributed by atoms with E-state index < -0.39 is 11.0 Å². The number of esters is 1. The van der Waals surface area contributed by atoms with Crippen LogP contribution in [0, 0.1) is 5.41 Å². The van der Waals surface area contributed by atoms with E-state index in [4.69, 9.17) is 9.47 Å². The molecule has 0 unspecified atom stereocenters. The summed E-state index contributed by atoms with van der Waals surface area (Å²) in [5.74, 6) is -0.194. The van der Waals surface area contributed by atoms with Gasteiger partial charge < -0.3 is 19.3 Å². The summed E-state index contributed by atoms with van der Waals surface area (Å²) in [7, 11) is 5.29. The Bertz CT molecular complexity index is 380. The van der Waals surface area contributed by atoms with Gasteiger partial charge in [0, 0.05) is 19.6 Å². The van der Waals surface area contributed by atoms with Crippen LogP contribution in [0.1, 0.15) is 33.6 Å². The fourth-order valence-corrected chi connectivity index (χ4v) is 2.69. The Morgan fingerprint density at radius 3 is 2.10 bits per heavy atom. The second kappa shape index (κ2) is 6.64. The van der Waals surface area contributed by atoms with Crippen LogP contribution in [0.3, 0.4) is 0 Å².